The second-order valence-corrected chi connectivity index (χ2v) is 6.04. The van der Waals surface area contributed by atoms with E-state index in [1.165, 1.54) is 11.9 Å². The van der Waals surface area contributed by atoms with Crippen molar-refractivity contribution in [3.05, 3.63) is 53.3 Å². The van der Waals surface area contributed by atoms with E-state index in [1.54, 1.807) is 18.5 Å². The van der Waals surface area contributed by atoms with Gasteiger partial charge < -0.3 is 10.5 Å². The Morgan fingerprint density at radius 1 is 1.41 bits per heavy atom. The van der Waals surface area contributed by atoms with Crippen molar-refractivity contribution in [3.8, 4) is 5.75 Å². The minimum absolute atomic E-state index is 0.0224. The number of aromatic nitrogens is 1. The van der Waals surface area contributed by atoms with Gasteiger partial charge in [0.2, 0.25) is 0 Å². The first-order valence-electron chi connectivity index (χ1n) is 7.05. The van der Waals surface area contributed by atoms with Gasteiger partial charge in [-0.2, -0.15) is 0 Å². The Balaban J connectivity index is 1.78. The lowest BCUT2D eigenvalue weighted by molar-refractivity contribution is 0.0983. The molecule has 6 heteroatoms. The summed E-state index contributed by atoms with van der Waals surface area (Å²) in [7, 11) is 0. The minimum atomic E-state index is -0.148. The Morgan fingerprint density at radius 2 is 2.18 bits per heavy atom. The Kier molecular flexibility index (Phi) is 4.31. The summed E-state index contributed by atoms with van der Waals surface area (Å²) in [6.45, 7) is 2.50. The molecule has 3 rings (SSSR count). The van der Waals surface area contributed by atoms with E-state index < -0.39 is 0 Å². The van der Waals surface area contributed by atoms with Gasteiger partial charge in [-0.15, -0.1) is 0 Å². The maximum atomic E-state index is 12.4. The molecule has 1 aromatic carbocycles. The number of nitrogens with zero attached hydrogens (tertiary/aromatic N) is 1. The number of pyridine rings is 1. The topological polar surface area (TPSA) is 77.2 Å². The molecule has 114 valence electrons. The number of hydrogen-bond donors (Lipinski definition) is 2. The molecule has 22 heavy (non-hydrogen) atoms. The number of nitrogens with two attached hydrogens (primary N) is 1. The fourth-order valence-corrected chi connectivity index (χ4v) is 2.97. The molecule has 1 amide bonds. The standard InChI is InChI=1S/C16H17N3O2S/c1-10-8-13-14(17)4-7-21-15(13)9-12(10)16(20)19-22-11-2-5-18-6-3-11/h2-3,5-6,8-9,14H,4,7,17H2,1H3,(H,19,20)/t14-/m1/s1. The van der Waals surface area contributed by atoms with Crippen molar-refractivity contribution >= 4 is 17.9 Å². The number of rotatable bonds is 3. The molecule has 2 aromatic rings. The van der Waals surface area contributed by atoms with Crippen LogP contribution < -0.4 is 15.2 Å². The number of amides is 1. The van der Waals surface area contributed by atoms with Gasteiger partial charge >= 0.3 is 0 Å². The fourth-order valence-electron chi connectivity index (χ4n) is 2.39. The molecule has 0 unspecified atom stereocenters. The van der Waals surface area contributed by atoms with Crippen LogP contribution in [0.4, 0.5) is 0 Å². The fraction of sp³-hybridized carbons (Fsp3) is 0.250. The van der Waals surface area contributed by atoms with Crippen LogP contribution in [0.3, 0.4) is 0 Å². The maximum Gasteiger partial charge on any atom is 0.261 e. The highest BCUT2D eigenvalue weighted by atomic mass is 32.2. The van der Waals surface area contributed by atoms with Crippen molar-refractivity contribution in [2.75, 3.05) is 6.61 Å². The number of benzene rings is 1. The second-order valence-electron chi connectivity index (χ2n) is 5.16. The summed E-state index contributed by atoms with van der Waals surface area (Å²) >= 11 is 1.26. The van der Waals surface area contributed by atoms with Crippen LogP contribution >= 0.6 is 11.9 Å². The number of carbonyl (C=O) groups excluding carboxylic acids is 1. The van der Waals surface area contributed by atoms with Gasteiger partial charge in [0.25, 0.3) is 5.91 Å². The Labute approximate surface area is 133 Å². The quantitative estimate of drug-likeness (QED) is 0.851. The highest BCUT2D eigenvalue weighted by Crippen LogP contribution is 2.33. The molecule has 0 fully saturated rings. The number of carbonyl (C=O) groups is 1. The van der Waals surface area contributed by atoms with Crippen LogP contribution in [0.25, 0.3) is 0 Å². The van der Waals surface area contributed by atoms with Crippen molar-refractivity contribution in [3.63, 3.8) is 0 Å². The molecule has 0 radical (unpaired) electrons. The van der Waals surface area contributed by atoms with Crippen LogP contribution in [-0.4, -0.2) is 17.5 Å². The molecule has 0 aliphatic carbocycles. The molecule has 1 aliphatic heterocycles. The van der Waals surface area contributed by atoms with Crippen LogP contribution in [-0.2, 0) is 0 Å². The largest absolute Gasteiger partial charge is 0.493 e. The number of aryl methyl sites for hydroxylation is 1. The summed E-state index contributed by atoms with van der Waals surface area (Å²) in [5.74, 6) is 0.563. The van der Waals surface area contributed by atoms with Crippen LogP contribution in [0.5, 0.6) is 5.75 Å². The number of nitrogens with one attached hydrogen (secondary N) is 1. The first kappa shape index (κ1) is 14.9. The van der Waals surface area contributed by atoms with Gasteiger partial charge in [0.15, 0.2) is 0 Å². The zero-order chi connectivity index (χ0) is 15.5. The summed E-state index contributed by atoms with van der Waals surface area (Å²) in [4.78, 5) is 17.2. The van der Waals surface area contributed by atoms with Gasteiger partial charge in [0.05, 0.1) is 6.61 Å². The zero-order valence-corrected chi connectivity index (χ0v) is 13.0. The molecule has 0 bridgehead atoms. The van der Waals surface area contributed by atoms with E-state index in [0.717, 1.165) is 22.4 Å². The van der Waals surface area contributed by atoms with Crippen LogP contribution in [0, 0.1) is 6.92 Å². The Hall–Kier alpha value is -2.05. The monoisotopic (exact) mass is 315 g/mol. The molecule has 3 N–H and O–H groups in total. The van der Waals surface area contributed by atoms with E-state index in [1.807, 2.05) is 25.1 Å². The van der Waals surface area contributed by atoms with E-state index in [2.05, 4.69) is 9.71 Å². The third-order valence-corrected chi connectivity index (χ3v) is 4.39. The van der Waals surface area contributed by atoms with E-state index in [9.17, 15) is 4.79 Å². The second kappa shape index (κ2) is 6.37. The van der Waals surface area contributed by atoms with Gasteiger partial charge in [0, 0.05) is 40.9 Å². The first-order chi connectivity index (χ1) is 10.6. The lowest BCUT2D eigenvalue weighted by Gasteiger charge is -2.24. The van der Waals surface area contributed by atoms with E-state index in [4.69, 9.17) is 10.5 Å². The van der Waals surface area contributed by atoms with Crippen LogP contribution in [0.1, 0.15) is 33.9 Å². The predicted molar refractivity (Wildman–Crippen MR) is 85.8 cm³/mol. The molecule has 0 saturated carbocycles. The molecule has 1 aliphatic rings. The maximum absolute atomic E-state index is 12.4. The van der Waals surface area contributed by atoms with Crippen molar-refractivity contribution in [1.82, 2.24) is 9.71 Å². The summed E-state index contributed by atoms with van der Waals surface area (Å²) in [5.41, 5.74) is 8.56. The van der Waals surface area contributed by atoms with E-state index in [0.29, 0.717) is 17.9 Å². The smallest absolute Gasteiger partial charge is 0.261 e. The van der Waals surface area contributed by atoms with Crippen LogP contribution in [0.2, 0.25) is 0 Å². The summed E-state index contributed by atoms with van der Waals surface area (Å²) in [6, 6.07) is 7.39. The summed E-state index contributed by atoms with van der Waals surface area (Å²) in [6.07, 6.45) is 4.18. The molecule has 0 saturated heterocycles. The molecule has 0 spiro atoms. The lowest BCUT2D eigenvalue weighted by Crippen LogP contribution is -2.23. The van der Waals surface area contributed by atoms with Gasteiger partial charge in [0.1, 0.15) is 5.75 Å². The highest BCUT2D eigenvalue weighted by molar-refractivity contribution is 7.98. The zero-order valence-electron chi connectivity index (χ0n) is 12.2. The Bertz CT molecular complexity index is 691. The lowest BCUT2D eigenvalue weighted by atomic mass is 9.96. The Morgan fingerprint density at radius 3 is 2.95 bits per heavy atom. The van der Waals surface area contributed by atoms with E-state index in [-0.39, 0.29) is 11.9 Å². The molecule has 1 aromatic heterocycles. The third-order valence-electron chi connectivity index (χ3n) is 3.60. The van der Waals surface area contributed by atoms with Gasteiger partial charge in [-0.1, -0.05) is 6.07 Å². The molecule has 2 heterocycles. The van der Waals surface area contributed by atoms with Crippen molar-refractivity contribution in [1.29, 1.82) is 0 Å². The normalized spacial score (nSPS) is 16.5. The van der Waals surface area contributed by atoms with Crippen molar-refractivity contribution < 1.29 is 9.53 Å². The summed E-state index contributed by atoms with van der Waals surface area (Å²) in [5, 5.41) is 0. The van der Waals surface area contributed by atoms with Gasteiger partial charge in [-0.05, 0) is 42.6 Å². The van der Waals surface area contributed by atoms with Crippen LogP contribution in [0.15, 0.2) is 41.6 Å². The molecular weight excluding hydrogens is 298 g/mol. The number of ether oxygens (including phenoxy) is 1. The highest BCUT2D eigenvalue weighted by Gasteiger charge is 2.21. The average molecular weight is 315 g/mol. The molecule has 5 nitrogen and oxygen atoms in total. The van der Waals surface area contributed by atoms with Gasteiger partial charge in [-0.3, -0.25) is 14.5 Å². The predicted octanol–water partition coefficient (Wildman–Crippen LogP) is 2.61. The van der Waals surface area contributed by atoms with Gasteiger partial charge in [-0.25, -0.2) is 0 Å². The average Bonchev–Trinajstić information content (AvgIpc) is 2.54. The SMILES string of the molecule is Cc1cc2c(cc1C(=O)NSc1ccncc1)OCC[C@H]2N. The van der Waals surface area contributed by atoms with Crippen molar-refractivity contribution in [2.24, 2.45) is 5.73 Å². The molecule has 1 atom stereocenters. The number of hydrogen-bond acceptors (Lipinski definition) is 5. The first-order valence-corrected chi connectivity index (χ1v) is 7.87. The van der Waals surface area contributed by atoms with Crippen molar-refractivity contribution in [2.45, 2.75) is 24.3 Å². The third kappa shape index (κ3) is 3.08. The summed E-state index contributed by atoms with van der Waals surface area (Å²) < 4.78 is 8.46. The molecular formula is C16H17N3O2S. The van der Waals surface area contributed by atoms with E-state index >= 15 is 0 Å². The number of fused-ring (bicyclic) bond motifs is 1. The minimum Gasteiger partial charge on any atom is -0.493 e.